The van der Waals surface area contributed by atoms with Crippen molar-refractivity contribution in [1.82, 2.24) is 0 Å². The second kappa shape index (κ2) is 3.70. The number of allylic oxidation sites excluding steroid dienone is 1. The molecule has 0 aromatic carbocycles. The maximum atomic E-state index is 7.94. The zero-order valence-corrected chi connectivity index (χ0v) is 3.02. The van der Waals surface area contributed by atoms with Crippen LogP contribution in [0.1, 0.15) is 0 Å². The summed E-state index contributed by atoms with van der Waals surface area (Å²) in [5.74, 6) is 0. The molecule has 0 spiro atoms. The van der Waals surface area contributed by atoms with E-state index in [1.807, 2.05) is 0 Å². The fraction of sp³-hybridized carbons (Fsp3) is 0.250. The van der Waals surface area contributed by atoms with Crippen molar-refractivity contribution in [2.24, 2.45) is 0 Å². The molecule has 0 saturated heterocycles. The third-order valence-electron chi connectivity index (χ3n) is 0.272. The zero-order valence-electron chi connectivity index (χ0n) is 3.02. The van der Waals surface area contributed by atoms with Crippen LogP contribution in [0.3, 0.4) is 0 Å². The molecule has 0 aliphatic heterocycles. The Labute approximate surface area is 31.9 Å². The van der Waals surface area contributed by atoms with Crippen molar-refractivity contribution >= 4 is 0 Å². The van der Waals surface area contributed by atoms with Crippen LogP contribution in [0.15, 0.2) is 12.2 Å². The van der Waals surface area contributed by atoms with E-state index in [-0.39, 0.29) is 6.61 Å². The summed E-state index contributed by atoms with van der Waals surface area (Å²) in [7, 11) is 0. The van der Waals surface area contributed by atoms with Gasteiger partial charge in [-0.2, -0.15) is 0 Å². The van der Waals surface area contributed by atoms with E-state index in [1.54, 1.807) is 12.2 Å². The van der Waals surface area contributed by atoms with Gasteiger partial charge in [-0.3, -0.25) is 0 Å². The van der Waals surface area contributed by atoms with Gasteiger partial charge in [0.15, 0.2) is 0 Å². The van der Waals surface area contributed by atoms with Gasteiger partial charge in [0.25, 0.3) is 0 Å². The van der Waals surface area contributed by atoms with Crippen molar-refractivity contribution in [2.75, 3.05) is 6.61 Å². The molecule has 0 aliphatic rings. The molecule has 0 atom stereocenters. The van der Waals surface area contributed by atoms with Gasteiger partial charge in [-0.25, -0.2) is 0 Å². The van der Waals surface area contributed by atoms with Gasteiger partial charge in [0, 0.05) is 0 Å². The Bertz CT molecular complexity index is 30.6. The van der Waals surface area contributed by atoms with E-state index >= 15 is 0 Å². The third kappa shape index (κ3) is 3.70. The molecule has 1 nitrogen and oxygen atoms in total. The van der Waals surface area contributed by atoms with Crippen molar-refractivity contribution < 1.29 is 5.11 Å². The van der Waals surface area contributed by atoms with E-state index in [9.17, 15) is 0 Å². The van der Waals surface area contributed by atoms with Crippen LogP contribution in [0.5, 0.6) is 0 Å². The van der Waals surface area contributed by atoms with Crippen LogP contribution < -0.4 is 0 Å². The van der Waals surface area contributed by atoms with Crippen LogP contribution in [0.2, 0.25) is 0 Å². The molecule has 0 aromatic rings. The number of aliphatic hydroxyl groups is 1. The Morgan fingerprint density at radius 2 is 2.40 bits per heavy atom. The lowest BCUT2D eigenvalue weighted by molar-refractivity contribution is 0.343. The molecule has 5 heavy (non-hydrogen) atoms. The summed E-state index contributed by atoms with van der Waals surface area (Å²) in [5.41, 5.74) is 0. The maximum absolute atomic E-state index is 7.94. The highest BCUT2D eigenvalue weighted by Crippen LogP contribution is 1.59. The fourth-order valence-corrected chi connectivity index (χ4v) is 0.0745. The summed E-state index contributed by atoms with van der Waals surface area (Å²) in [6.45, 7) is 3.44. The standard InChI is InChI=1S/C4H7O/c1-2-3-4-5/h2-3,5H,1,4H2/b3-2+. The third-order valence-corrected chi connectivity index (χ3v) is 0.272. The van der Waals surface area contributed by atoms with Gasteiger partial charge in [-0.15, -0.1) is 0 Å². The number of rotatable bonds is 1. The van der Waals surface area contributed by atoms with Crippen LogP contribution in [0.25, 0.3) is 0 Å². The average Bonchev–Trinajstić information content (AvgIpc) is 1.41. The van der Waals surface area contributed by atoms with Crippen LogP contribution in [-0.2, 0) is 0 Å². The van der Waals surface area contributed by atoms with Gasteiger partial charge in [0.2, 0.25) is 0 Å². The zero-order chi connectivity index (χ0) is 4.12. The van der Waals surface area contributed by atoms with Gasteiger partial charge < -0.3 is 5.11 Å². The van der Waals surface area contributed by atoms with Gasteiger partial charge in [-0.1, -0.05) is 12.2 Å². The smallest absolute Gasteiger partial charge is 0.0612 e. The van der Waals surface area contributed by atoms with Crippen molar-refractivity contribution in [2.45, 2.75) is 0 Å². The molecular weight excluding hydrogens is 64.0 g/mol. The predicted octanol–water partition coefficient (Wildman–Crippen LogP) is 0.369. The summed E-state index contributed by atoms with van der Waals surface area (Å²) in [5, 5.41) is 7.94. The summed E-state index contributed by atoms with van der Waals surface area (Å²) in [4.78, 5) is 0. The van der Waals surface area contributed by atoms with Gasteiger partial charge >= 0.3 is 0 Å². The molecule has 0 fully saturated rings. The van der Waals surface area contributed by atoms with Crippen molar-refractivity contribution in [3.8, 4) is 0 Å². The molecule has 1 heteroatoms. The molecule has 0 unspecified atom stereocenters. The second-order valence-electron chi connectivity index (χ2n) is 0.654. The summed E-state index contributed by atoms with van der Waals surface area (Å²) in [6, 6.07) is 0. The molecule has 0 aliphatic carbocycles. The summed E-state index contributed by atoms with van der Waals surface area (Å²) >= 11 is 0. The summed E-state index contributed by atoms with van der Waals surface area (Å²) in [6.07, 6.45) is 3.12. The van der Waals surface area contributed by atoms with Crippen LogP contribution in [-0.4, -0.2) is 11.7 Å². The predicted molar refractivity (Wildman–Crippen MR) is 21.6 cm³/mol. The van der Waals surface area contributed by atoms with Crippen LogP contribution in [0, 0.1) is 6.92 Å². The quantitative estimate of drug-likeness (QED) is 0.473. The van der Waals surface area contributed by atoms with Gasteiger partial charge in [-0.05, 0) is 6.92 Å². The first-order chi connectivity index (χ1) is 2.41. The Morgan fingerprint density at radius 1 is 1.80 bits per heavy atom. The lowest BCUT2D eigenvalue weighted by atomic mass is 10.6. The van der Waals surface area contributed by atoms with E-state index in [1.165, 1.54) is 0 Å². The largest absolute Gasteiger partial charge is 0.392 e. The maximum Gasteiger partial charge on any atom is 0.0612 e. The lowest BCUT2D eigenvalue weighted by Gasteiger charge is -1.66. The topological polar surface area (TPSA) is 20.2 Å². The van der Waals surface area contributed by atoms with E-state index < -0.39 is 0 Å². The minimum absolute atomic E-state index is 0.101. The van der Waals surface area contributed by atoms with Crippen molar-refractivity contribution in [1.29, 1.82) is 0 Å². The molecule has 0 rings (SSSR count). The number of hydrogen-bond acceptors (Lipinski definition) is 1. The first-order valence-corrected chi connectivity index (χ1v) is 1.47. The highest BCUT2D eigenvalue weighted by molar-refractivity contribution is 4.82. The molecule has 0 amide bonds. The minimum Gasteiger partial charge on any atom is -0.392 e. The Morgan fingerprint density at radius 3 is 2.40 bits per heavy atom. The molecular formula is C4H7O. The van der Waals surface area contributed by atoms with E-state index in [2.05, 4.69) is 6.92 Å². The Kier molecular flexibility index (Phi) is 3.48. The van der Waals surface area contributed by atoms with E-state index in [0.717, 1.165) is 0 Å². The molecule has 1 N–H and O–H groups in total. The lowest BCUT2D eigenvalue weighted by Crippen LogP contribution is -1.65. The minimum atomic E-state index is 0.101. The monoisotopic (exact) mass is 71.0 g/mol. The SMILES string of the molecule is [CH2]/C=C/CO. The first kappa shape index (κ1) is 4.70. The van der Waals surface area contributed by atoms with Crippen LogP contribution >= 0.6 is 0 Å². The fourth-order valence-electron chi connectivity index (χ4n) is 0.0745. The molecule has 0 heterocycles. The highest BCUT2D eigenvalue weighted by atomic mass is 16.2. The normalized spacial score (nSPS) is 10.0. The van der Waals surface area contributed by atoms with Gasteiger partial charge in [0.05, 0.1) is 6.61 Å². The van der Waals surface area contributed by atoms with Gasteiger partial charge in [0.1, 0.15) is 0 Å². The average molecular weight is 71.1 g/mol. The molecule has 0 saturated carbocycles. The molecule has 0 aromatic heterocycles. The molecule has 29 valence electrons. The Hall–Kier alpha value is -0.300. The molecule has 1 radical (unpaired) electrons. The number of hydrogen-bond donors (Lipinski definition) is 1. The van der Waals surface area contributed by atoms with Crippen molar-refractivity contribution in [3.63, 3.8) is 0 Å². The highest BCUT2D eigenvalue weighted by Gasteiger charge is 1.52. The molecule has 0 bridgehead atoms. The van der Waals surface area contributed by atoms with E-state index in [4.69, 9.17) is 5.11 Å². The van der Waals surface area contributed by atoms with Crippen LogP contribution in [0.4, 0.5) is 0 Å². The first-order valence-electron chi connectivity index (χ1n) is 1.47. The van der Waals surface area contributed by atoms with E-state index in [0.29, 0.717) is 0 Å². The number of aliphatic hydroxyl groups excluding tert-OH is 1. The van der Waals surface area contributed by atoms with Crippen molar-refractivity contribution in [3.05, 3.63) is 19.1 Å². The Balaban J connectivity index is 2.62. The summed E-state index contributed by atoms with van der Waals surface area (Å²) < 4.78 is 0. The second-order valence-corrected chi connectivity index (χ2v) is 0.654.